The minimum absolute atomic E-state index is 0.320. The normalized spacial score (nSPS) is 15.6. The van der Waals surface area contributed by atoms with E-state index in [-0.39, 0.29) is 5.91 Å². The second kappa shape index (κ2) is 6.60. The highest BCUT2D eigenvalue weighted by Crippen LogP contribution is 2.48. The Kier molecular flexibility index (Phi) is 4.03. The Morgan fingerprint density at radius 1 is 0.759 bits per heavy atom. The Balaban J connectivity index is 1.57. The van der Waals surface area contributed by atoms with Crippen LogP contribution >= 0.6 is 11.8 Å². The van der Waals surface area contributed by atoms with Crippen LogP contribution in [0.4, 0.5) is 11.4 Å². The number of amides is 3. The lowest BCUT2D eigenvalue weighted by molar-refractivity contribution is -0.121. The van der Waals surface area contributed by atoms with Crippen LogP contribution in [0.15, 0.2) is 82.6 Å². The third-order valence-electron chi connectivity index (χ3n) is 5.22. The Morgan fingerprint density at radius 3 is 1.72 bits per heavy atom. The van der Waals surface area contributed by atoms with E-state index in [1.165, 1.54) is 0 Å². The lowest BCUT2D eigenvalue weighted by Gasteiger charge is -2.34. The maximum Gasteiger partial charge on any atom is 0.262 e. The standard InChI is InChI=1S/C23H16N2O3S/c1-14(24-22(27)15-8-2-3-9-16(15)23(24)28)21(26)25-17-10-4-6-12-19(17)29-20-13-7-5-11-18(20)25/h2-14H,1H3/t14-/m0/s1. The topological polar surface area (TPSA) is 57.7 Å². The average molecular weight is 400 g/mol. The molecule has 6 heteroatoms. The molecule has 0 aliphatic carbocycles. The van der Waals surface area contributed by atoms with Gasteiger partial charge in [0.2, 0.25) is 0 Å². The van der Waals surface area contributed by atoms with Gasteiger partial charge < -0.3 is 0 Å². The lowest BCUT2D eigenvalue weighted by atomic mass is 10.1. The molecular formula is C23H16N2O3S. The van der Waals surface area contributed by atoms with Crippen LogP contribution in [0.2, 0.25) is 0 Å². The predicted molar refractivity (Wildman–Crippen MR) is 111 cm³/mol. The van der Waals surface area contributed by atoms with Crippen molar-refractivity contribution in [3.05, 3.63) is 83.9 Å². The molecule has 0 spiro atoms. The highest BCUT2D eigenvalue weighted by atomic mass is 32.2. The van der Waals surface area contributed by atoms with E-state index in [2.05, 4.69) is 0 Å². The number of hydrogen-bond donors (Lipinski definition) is 0. The quantitative estimate of drug-likeness (QED) is 0.595. The highest BCUT2D eigenvalue weighted by molar-refractivity contribution is 7.99. The minimum atomic E-state index is -0.938. The molecule has 0 unspecified atom stereocenters. The zero-order valence-electron chi connectivity index (χ0n) is 15.5. The molecule has 5 nitrogen and oxygen atoms in total. The van der Waals surface area contributed by atoms with Gasteiger partial charge in [-0.1, -0.05) is 48.2 Å². The van der Waals surface area contributed by atoms with Crippen molar-refractivity contribution in [2.45, 2.75) is 22.8 Å². The fourth-order valence-electron chi connectivity index (χ4n) is 3.80. The molecule has 3 aromatic rings. The molecule has 0 radical (unpaired) electrons. The smallest absolute Gasteiger partial charge is 0.262 e. The van der Waals surface area contributed by atoms with E-state index < -0.39 is 17.9 Å². The summed E-state index contributed by atoms with van der Waals surface area (Å²) >= 11 is 1.60. The average Bonchev–Trinajstić information content (AvgIpc) is 3.01. The molecule has 0 aromatic heterocycles. The van der Waals surface area contributed by atoms with Crippen molar-refractivity contribution in [3.8, 4) is 0 Å². The Bertz CT molecular complexity index is 1110. The van der Waals surface area contributed by atoms with E-state index in [1.807, 2.05) is 48.5 Å². The van der Waals surface area contributed by atoms with Gasteiger partial charge in [0.15, 0.2) is 0 Å². The van der Waals surface area contributed by atoms with Gasteiger partial charge in [-0.05, 0) is 43.3 Å². The summed E-state index contributed by atoms with van der Waals surface area (Å²) in [5.41, 5.74) is 2.19. The first-order chi connectivity index (χ1) is 14.1. The van der Waals surface area contributed by atoms with Gasteiger partial charge in [0.25, 0.3) is 17.7 Å². The van der Waals surface area contributed by atoms with Gasteiger partial charge in [0.05, 0.1) is 22.5 Å². The number of anilines is 2. The molecule has 2 aliphatic heterocycles. The predicted octanol–water partition coefficient (Wildman–Crippen LogP) is 4.50. The van der Waals surface area contributed by atoms with Crippen LogP contribution in [-0.4, -0.2) is 28.7 Å². The van der Waals surface area contributed by atoms with Crippen LogP contribution in [-0.2, 0) is 4.79 Å². The van der Waals surface area contributed by atoms with Crippen molar-refractivity contribution in [2.24, 2.45) is 0 Å². The van der Waals surface area contributed by atoms with E-state index in [0.29, 0.717) is 11.1 Å². The number of carbonyl (C=O) groups excluding carboxylic acids is 3. The molecule has 1 atom stereocenters. The number of nitrogens with zero attached hydrogens (tertiary/aromatic N) is 2. The molecule has 3 amide bonds. The first kappa shape index (κ1) is 17.7. The summed E-state index contributed by atoms with van der Waals surface area (Å²) in [6, 6.07) is 21.0. The van der Waals surface area contributed by atoms with Crippen LogP contribution in [0.25, 0.3) is 0 Å². The Morgan fingerprint density at radius 2 is 1.21 bits per heavy atom. The van der Waals surface area contributed by atoms with Gasteiger partial charge >= 0.3 is 0 Å². The summed E-state index contributed by atoms with van der Waals surface area (Å²) in [4.78, 5) is 43.9. The van der Waals surface area contributed by atoms with Crippen LogP contribution in [0.3, 0.4) is 0 Å². The first-order valence-electron chi connectivity index (χ1n) is 9.24. The van der Waals surface area contributed by atoms with Gasteiger partial charge in [-0.2, -0.15) is 0 Å². The van der Waals surface area contributed by atoms with Crippen LogP contribution in [0, 0.1) is 0 Å². The second-order valence-electron chi connectivity index (χ2n) is 6.91. The van der Waals surface area contributed by atoms with Crippen LogP contribution in [0.1, 0.15) is 27.6 Å². The van der Waals surface area contributed by atoms with Crippen LogP contribution in [0.5, 0.6) is 0 Å². The Hall–Kier alpha value is -3.38. The number of benzene rings is 3. The number of fused-ring (bicyclic) bond motifs is 3. The number of hydrogen-bond acceptors (Lipinski definition) is 4. The third-order valence-corrected chi connectivity index (χ3v) is 6.35. The molecule has 2 aliphatic rings. The zero-order valence-corrected chi connectivity index (χ0v) is 16.3. The molecule has 0 bridgehead atoms. The van der Waals surface area contributed by atoms with E-state index >= 15 is 0 Å². The number of rotatable bonds is 2. The highest BCUT2D eigenvalue weighted by Gasteiger charge is 2.43. The van der Waals surface area contributed by atoms with Crippen LogP contribution < -0.4 is 4.90 Å². The van der Waals surface area contributed by atoms with Crippen molar-refractivity contribution >= 4 is 40.9 Å². The van der Waals surface area contributed by atoms with Gasteiger partial charge in [0.1, 0.15) is 6.04 Å². The SMILES string of the molecule is C[C@@H](C(=O)N1c2ccccc2Sc2ccccc21)N1C(=O)c2ccccc2C1=O. The summed E-state index contributed by atoms with van der Waals surface area (Å²) in [7, 11) is 0. The molecule has 5 rings (SSSR count). The first-order valence-corrected chi connectivity index (χ1v) is 10.1. The molecule has 0 fully saturated rings. The molecule has 2 heterocycles. The molecule has 0 saturated heterocycles. The molecule has 0 N–H and O–H groups in total. The third kappa shape index (κ3) is 2.60. The van der Waals surface area contributed by atoms with E-state index in [4.69, 9.17) is 0 Å². The van der Waals surface area contributed by atoms with E-state index in [9.17, 15) is 14.4 Å². The summed E-state index contributed by atoms with van der Waals surface area (Å²) < 4.78 is 0. The van der Waals surface area contributed by atoms with Gasteiger partial charge in [0, 0.05) is 9.79 Å². The molecule has 142 valence electrons. The molecule has 3 aromatic carbocycles. The number of para-hydroxylation sites is 2. The maximum absolute atomic E-state index is 13.6. The fourth-order valence-corrected chi connectivity index (χ4v) is 4.86. The second-order valence-corrected chi connectivity index (χ2v) is 8.00. The fraction of sp³-hybridized carbons (Fsp3) is 0.0870. The van der Waals surface area contributed by atoms with Crippen molar-refractivity contribution < 1.29 is 14.4 Å². The van der Waals surface area contributed by atoms with Crippen molar-refractivity contribution in [3.63, 3.8) is 0 Å². The lowest BCUT2D eigenvalue weighted by Crippen LogP contribution is -2.48. The zero-order chi connectivity index (χ0) is 20.1. The number of carbonyl (C=O) groups is 3. The van der Waals surface area contributed by atoms with Gasteiger partial charge in [-0.25, -0.2) is 0 Å². The summed E-state index contributed by atoms with van der Waals surface area (Å²) in [5, 5.41) is 0. The summed E-state index contributed by atoms with van der Waals surface area (Å²) in [6.07, 6.45) is 0. The van der Waals surface area contributed by atoms with Gasteiger partial charge in [-0.15, -0.1) is 0 Å². The van der Waals surface area contributed by atoms with Crippen molar-refractivity contribution in [2.75, 3.05) is 4.90 Å². The van der Waals surface area contributed by atoms with Crippen molar-refractivity contribution in [1.29, 1.82) is 0 Å². The number of imide groups is 1. The van der Waals surface area contributed by atoms with Crippen molar-refractivity contribution in [1.82, 2.24) is 4.90 Å². The maximum atomic E-state index is 13.6. The molecule has 29 heavy (non-hydrogen) atoms. The van der Waals surface area contributed by atoms with E-state index in [1.54, 1.807) is 47.9 Å². The summed E-state index contributed by atoms with van der Waals surface area (Å²) in [6.45, 7) is 1.61. The largest absolute Gasteiger partial charge is 0.277 e. The molecular weight excluding hydrogens is 384 g/mol. The van der Waals surface area contributed by atoms with E-state index in [0.717, 1.165) is 26.1 Å². The Labute approximate surface area is 171 Å². The monoisotopic (exact) mass is 400 g/mol. The minimum Gasteiger partial charge on any atom is -0.277 e. The van der Waals surface area contributed by atoms with Gasteiger partial charge in [-0.3, -0.25) is 24.2 Å². The summed E-state index contributed by atoms with van der Waals surface area (Å²) in [5.74, 6) is -1.18. The molecule has 0 saturated carbocycles.